The van der Waals surface area contributed by atoms with Crippen LogP contribution >= 0.6 is 0 Å². The Morgan fingerprint density at radius 3 is 2.20 bits per heavy atom. The number of rotatable bonds is 4. The van der Waals surface area contributed by atoms with Crippen LogP contribution in [0, 0.1) is 5.92 Å². The largest absolute Gasteiger partial charge is 0.289 e. The van der Waals surface area contributed by atoms with Crippen LogP contribution in [0.5, 0.6) is 0 Å². The topological polar surface area (TPSA) is 17.1 Å². The molecule has 1 aromatic carbocycles. The Morgan fingerprint density at radius 1 is 1.27 bits per heavy atom. The SMILES string of the molecule is C=C(C(=O)c1ccc(CC)cc1)C(C)C. The van der Waals surface area contributed by atoms with E-state index in [-0.39, 0.29) is 11.7 Å². The van der Waals surface area contributed by atoms with Gasteiger partial charge in [-0.1, -0.05) is 51.6 Å². The van der Waals surface area contributed by atoms with Gasteiger partial charge >= 0.3 is 0 Å². The molecule has 0 amide bonds. The number of hydrogen-bond donors (Lipinski definition) is 0. The predicted molar refractivity (Wildman–Crippen MR) is 64.1 cm³/mol. The van der Waals surface area contributed by atoms with Gasteiger partial charge in [-0.2, -0.15) is 0 Å². The van der Waals surface area contributed by atoms with Crippen LogP contribution in [0.1, 0.15) is 36.7 Å². The molecule has 0 saturated carbocycles. The van der Waals surface area contributed by atoms with Crippen molar-refractivity contribution in [3.05, 3.63) is 47.5 Å². The van der Waals surface area contributed by atoms with Gasteiger partial charge in [-0.3, -0.25) is 4.79 Å². The molecule has 0 fully saturated rings. The maximum absolute atomic E-state index is 11.9. The molecule has 0 bridgehead atoms. The van der Waals surface area contributed by atoms with Crippen molar-refractivity contribution in [3.63, 3.8) is 0 Å². The highest BCUT2D eigenvalue weighted by atomic mass is 16.1. The van der Waals surface area contributed by atoms with Crippen LogP contribution in [0.15, 0.2) is 36.4 Å². The smallest absolute Gasteiger partial charge is 0.188 e. The highest BCUT2D eigenvalue weighted by molar-refractivity contribution is 6.08. The van der Waals surface area contributed by atoms with Gasteiger partial charge in [-0.15, -0.1) is 0 Å². The second kappa shape index (κ2) is 4.92. The first-order valence-corrected chi connectivity index (χ1v) is 5.38. The van der Waals surface area contributed by atoms with Gasteiger partial charge in [0.2, 0.25) is 0 Å². The highest BCUT2D eigenvalue weighted by Crippen LogP contribution is 2.15. The molecule has 0 spiro atoms. The molecule has 0 aromatic heterocycles. The monoisotopic (exact) mass is 202 g/mol. The van der Waals surface area contributed by atoms with E-state index in [1.807, 2.05) is 38.1 Å². The summed E-state index contributed by atoms with van der Waals surface area (Å²) < 4.78 is 0. The number of benzene rings is 1. The van der Waals surface area contributed by atoms with Crippen molar-refractivity contribution in [1.82, 2.24) is 0 Å². The average Bonchev–Trinajstić information content (AvgIpc) is 2.27. The number of carbonyl (C=O) groups excluding carboxylic acids is 1. The minimum atomic E-state index is 0.0626. The fraction of sp³-hybridized carbons (Fsp3) is 0.357. The van der Waals surface area contributed by atoms with Gasteiger partial charge in [0.25, 0.3) is 0 Å². The van der Waals surface area contributed by atoms with E-state index in [0.717, 1.165) is 12.0 Å². The van der Waals surface area contributed by atoms with Gasteiger partial charge in [0, 0.05) is 5.56 Å². The van der Waals surface area contributed by atoms with E-state index in [9.17, 15) is 4.79 Å². The van der Waals surface area contributed by atoms with Gasteiger partial charge in [0.1, 0.15) is 0 Å². The third-order valence-electron chi connectivity index (χ3n) is 2.61. The lowest BCUT2D eigenvalue weighted by Crippen LogP contribution is -2.07. The van der Waals surface area contributed by atoms with Gasteiger partial charge in [-0.25, -0.2) is 0 Å². The molecular formula is C14H18O. The van der Waals surface area contributed by atoms with E-state index in [4.69, 9.17) is 0 Å². The number of hydrogen-bond acceptors (Lipinski definition) is 1. The first kappa shape index (κ1) is 11.7. The van der Waals surface area contributed by atoms with Crippen molar-refractivity contribution in [2.75, 3.05) is 0 Å². The van der Waals surface area contributed by atoms with Crippen molar-refractivity contribution in [1.29, 1.82) is 0 Å². The molecule has 0 unspecified atom stereocenters. The summed E-state index contributed by atoms with van der Waals surface area (Å²) in [5.74, 6) is 0.274. The molecule has 1 aromatic rings. The lowest BCUT2D eigenvalue weighted by Gasteiger charge is -2.08. The molecule has 0 atom stereocenters. The minimum absolute atomic E-state index is 0.0626. The molecule has 80 valence electrons. The second-order valence-electron chi connectivity index (χ2n) is 4.06. The zero-order valence-electron chi connectivity index (χ0n) is 9.71. The normalized spacial score (nSPS) is 10.4. The van der Waals surface area contributed by atoms with Crippen LogP contribution in [-0.4, -0.2) is 5.78 Å². The Balaban J connectivity index is 2.88. The Bertz CT molecular complexity index is 357. The zero-order valence-corrected chi connectivity index (χ0v) is 9.71. The molecule has 1 heteroatoms. The number of Topliss-reactive ketones (excluding diaryl/α,β-unsaturated/α-hetero) is 1. The number of aryl methyl sites for hydroxylation is 1. The van der Waals surface area contributed by atoms with Crippen molar-refractivity contribution in [3.8, 4) is 0 Å². The average molecular weight is 202 g/mol. The summed E-state index contributed by atoms with van der Waals surface area (Å²) in [5, 5.41) is 0. The van der Waals surface area contributed by atoms with E-state index in [1.165, 1.54) is 5.56 Å². The van der Waals surface area contributed by atoms with Gasteiger partial charge < -0.3 is 0 Å². The van der Waals surface area contributed by atoms with E-state index in [0.29, 0.717) is 5.57 Å². The Hall–Kier alpha value is -1.37. The van der Waals surface area contributed by atoms with Crippen molar-refractivity contribution >= 4 is 5.78 Å². The fourth-order valence-corrected chi connectivity index (χ4v) is 1.34. The molecule has 0 N–H and O–H groups in total. The van der Waals surface area contributed by atoms with Crippen LogP contribution in [0.4, 0.5) is 0 Å². The standard InChI is InChI=1S/C14H18O/c1-5-12-6-8-13(9-7-12)14(15)11(4)10(2)3/h6-10H,4-5H2,1-3H3. The Labute approximate surface area is 91.8 Å². The molecule has 0 aliphatic rings. The molecule has 15 heavy (non-hydrogen) atoms. The van der Waals surface area contributed by atoms with Gasteiger partial charge in [0.15, 0.2) is 5.78 Å². The second-order valence-corrected chi connectivity index (χ2v) is 4.06. The van der Waals surface area contributed by atoms with E-state index in [2.05, 4.69) is 13.5 Å². The summed E-state index contributed by atoms with van der Waals surface area (Å²) in [4.78, 5) is 11.9. The van der Waals surface area contributed by atoms with Gasteiger partial charge in [0.05, 0.1) is 0 Å². The Morgan fingerprint density at radius 2 is 1.80 bits per heavy atom. The first-order valence-electron chi connectivity index (χ1n) is 5.38. The van der Waals surface area contributed by atoms with Crippen molar-refractivity contribution in [2.45, 2.75) is 27.2 Å². The summed E-state index contributed by atoms with van der Waals surface area (Å²) in [7, 11) is 0. The third kappa shape index (κ3) is 2.79. The highest BCUT2D eigenvalue weighted by Gasteiger charge is 2.12. The summed E-state index contributed by atoms with van der Waals surface area (Å²) >= 11 is 0. The zero-order chi connectivity index (χ0) is 11.4. The van der Waals surface area contributed by atoms with Crippen LogP contribution in [0.2, 0.25) is 0 Å². The number of allylic oxidation sites excluding steroid dienone is 1. The van der Waals surface area contributed by atoms with Gasteiger partial charge in [-0.05, 0) is 23.5 Å². The molecule has 0 saturated heterocycles. The summed E-state index contributed by atoms with van der Waals surface area (Å²) in [5.41, 5.74) is 2.67. The van der Waals surface area contributed by atoms with Crippen molar-refractivity contribution < 1.29 is 4.79 Å². The number of ketones is 1. The summed E-state index contributed by atoms with van der Waals surface area (Å²) in [6, 6.07) is 7.77. The summed E-state index contributed by atoms with van der Waals surface area (Å²) in [6.45, 7) is 9.90. The van der Waals surface area contributed by atoms with Crippen molar-refractivity contribution in [2.24, 2.45) is 5.92 Å². The lowest BCUT2D eigenvalue weighted by atomic mass is 9.95. The lowest BCUT2D eigenvalue weighted by molar-refractivity contribution is 0.102. The van der Waals surface area contributed by atoms with Crippen LogP contribution in [0.3, 0.4) is 0 Å². The molecule has 1 rings (SSSR count). The molecular weight excluding hydrogens is 184 g/mol. The molecule has 0 heterocycles. The Kier molecular flexibility index (Phi) is 3.84. The maximum Gasteiger partial charge on any atom is 0.188 e. The first-order chi connectivity index (χ1) is 7.06. The molecule has 0 aliphatic heterocycles. The number of carbonyl (C=O) groups is 1. The minimum Gasteiger partial charge on any atom is -0.289 e. The van der Waals surface area contributed by atoms with Crippen LogP contribution in [0.25, 0.3) is 0 Å². The summed E-state index contributed by atoms with van der Waals surface area (Å²) in [6.07, 6.45) is 1.000. The van der Waals surface area contributed by atoms with E-state index < -0.39 is 0 Å². The molecule has 0 radical (unpaired) electrons. The van der Waals surface area contributed by atoms with E-state index >= 15 is 0 Å². The van der Waals surface area contributed by atoms with Crippen LogP contribution in [-0.2, 0) is 6.42 Å². The quantitative estimate of drug-likeness (QED) is 0.538. The predicted octanol–water partition coefficient (Wildman–Crippen LogP) is 3.64. The third-order valence-corrected chi connectivity index (χ3v) is 2.61. The maximum atomic E-state index is 11.9. The fourth-order valence-electron chi connectivity index (χ4n) is 1.34. The van der Waals surface area contributed by atoms with Crippen LogP contribution < -0.4 is 0 Å². The van der Waals surface area contributed by atoms with E-state index in [1.54, 1.807) is 0 Å². The molecule has 0 aliphatic carbocycles. The molecule has 1 nitrogen and oxygen atoms in total.